The van der Waals surface area contributed by atoms with Gasteiger partial charge in [-0.15, -0.1) is 0 Å². The van der Waals surface area contributed by atoms with Crippen LogP contribution >= 0.6 is 11.6 Å². The van der Waals surface area contributed by atoms with Crippen molar-refractivity contribution in [1.29, 1.82) is 0 Å². The summed E-state index contributed by atoms with van der Waals surface area (Å²) in [7, 11) is 0. The third-order valence-electron chi connectivity index (χ3n) is 2.09. The maximum Gasteiger partial charge on any atom is 0.142 e. The second-order valence-electron chi connectivity index (χ2n) is 3.35. The summed E-state index contributed by atoms with van der Waals surface area (Å²) in [4.78, 5) is 4.11. The number of benzene rings is 1. The van der Waals surface area contributed by atoms with Gasteiger partial charge in [0.15, 0.2) is 0 Å². The first-order chi connectivity index (χ1) is 8.10. The Labute approximate surface area is 105 Å². The van der Waals surface area contributed by atoms with Crippen molar-refractivity contribution in [3.63, 3.8) is 0 Å². The maximum atomic E-state index is 13.3. The van der Waals surface area contributed by atoms with Crippen molar-refractivity contribution in [3.8, 4) is 0 Å². The van der Waals surface area contributed by atoms with E-state index >= 15 is 0 Å². The summed E-state index contributed by atoms with van der Waals surface area (Å²) in [5, 5.41) is 8.83. The number of aliphatic hydroxyl groups excluding tert-OH is 1. The quantitative estimate of drug-likeness (QED) is 0.819. The zero-order valence-corrected chi connectivity index (χ0v) is 10.2. The molecule has 17 heavy (non-hydrogen) atoms. The summed E-state index contributed by atoms with van der Waals surface area (Å²) in [6.45, 7) is 5.18. The molecule has 1 aromatic carbocycles. The predicted molar refractivity (Wildman–Crippen MR) is 69.8 cm³/mol. The Bertz CT molecular complexity index is 480. The van der Waals surface area contributed by atoms with Crippen LogP contribution in [-0.2, 0) is 0 Å². The van der Waals surface area contributed by atoms with Crippen LogP contribution in [0.4, 0.5) is 4.39 Å². The van der Waals surface area contributed by atoms with E-state index in [1.54, 1.807) is 25.1 Å². The van der Waals surface area contributed by atoms with Gasteiger partial charge < -0.3 is 5.11 Å². The second kappa shape index (κ2) is 6.33. The van der Waals surface area contributed by atoms with Gasteiger partial charge in [-0.3, -0.25) is 4.99 Å². The van der Waals surface area contributed by atoms with Gasteiger partial charge in [-0.2, -0.15) is 0 Å². The minimum atomic E-state index is -0.486. The first-order valence-corrected chi connectivity index (χ1v) is 5.41. The molecule has 1 N–H and O–H groups in total. The third kappa shape index (κ3) is 3.51. The number of hydrogen-bond donors (Lipinski definition) is 1. The van der Waals surface area contributed by atoms with Crippen LogP contribution in [0.5, 0.6) is 0 Å². The first-order valence-electron chi connectivity index (χ1n) is 5.03. The van der Waals surface area contributed by atoms with Crippen molar-refractivity contribution in [2.24, 2.45) is 4.99 Å². The number of halogens is 2. The molecule has 0 aliphatic carbocycles. The molecule has 0 heterocycles. The molecule has 0 saturated heterocycles. The molecular formula is C13H13ClFNO. The molecule has 0 fully saturated rings. The van der Waals surface area contributed by atoms with E-state index < -0.39 is 5.82 Å². The van der Waals surface area contributed by atoms with Crippen molar-refractivity contribution < 1.29 is 9.50 Å². The van der Waals surface area contributed by atoms with Crippen molar-refractivity contribution in [2.75, 3.05) is 6.61 Å². The number of aliphatic imine (C=N–C) groups is 1. The summed E-state index contributed by atoms with van der Waals surface area (Å²) in [5.41, 5.74) is 1.51. The monoisotopic (exact) mass is 253 g/mol. The van der Waals surface area contributed by atoms with Crippen LogP contribution in [-0.4, -0.2) is 17.9 Å². The molecule has 0 aromatic heterocycles. The van der Waals surface area contributed by atoms with Crippen LogP contribution in [0.25, 0.3) is 5.70 Å². The molecule has 1 rings (SSSR count). The second-order valence-corrected chi connectivity index (χ2v) is 3.73. The molecule has 0 unspecified atom stereocenters. The fourth-order valence-corrected chi connectivity index (χ4v) is 1.43. The number of aliphatic hydroxyl groups is 1. The lowest BCUT2D eigenvalue weighted by Crippen LogP contribution is -1.91. The molecule has 1 aromatic rings. The molecule has 0 aliphatic heterocycles. The Morgan fingerprint density at radius 3 is 2.88 bits per heavy atom. The Morgan fingerprint density at radius 2 is 2.29 bits per heavy atom. The fraction of sp³-hybridized carbons (Fsp3) is 0.154. The highest BCUT2D eigenvalue weighted by atomic mass is 35.5. The molecule has 0 saturated carbocycles. The molecule has 4 heteroatoms. The summed E-state index contributed by atoms with van der Waals surface area (Å²) in [5.74, 6) is -0.486. The highest BCUT2D eigenvalue weighted by molar-refractivity contribution is 6.32. The average Bonchev–Trinajstić information content (AvgIpc) is 2.34. The first kappa shape index (κ1) is 13.6. The van der Waals surface area contributed by atoms with Crippen LogP contribution in [0.15, 0.2) is 41.4 Å². The summed E-state index contributed by atoms with van der Waals surface area (Å²) in [6, 6.07) is 4.53. The number of allylic oxidation sites excluding steroid dienone is 1. The molecule has 0 bridgehead atoms. The normalized spacial score (nSPS) is 12.1. The van der Waals surface area contributed by atoms with E-state index in [0.29, 0.717) is 16.8 Å². The van der Waals surface area contributed by atoms with Crippen LogP contribution in [0, 0.1) is 5.82 Å². The standard InChI is InChI=1S/C13H13ClFNO/c1-3-12(16-7-9(2)8-17)10-5-4-6-11(15)13(10)14/h3-7,17H,2,8H2,1H3/b12-3-,16-7?. The molecule has 90 valence electrons. The molecule has 0 atom stereocenters. The van der Waals surface area contributed by atoms with E-state index in [9.17, 15) is 4.39 Å². The zero-order valence-electron chi connectivity index (χ0n) is 9.45. The Balaban J connectivity index is 3.08. The van der Waals surface area contributed by atoms with E-state index in [0.717, 1.165) is 0 Å². The lowest BCUT2D eigenvalue weighted by molar-refractivity contribution is 0.338. The molecule has 0 aliphatic rings. The van der Waals surface area contributed by atoms with Crippen LogP contribution in [0.1, 0.15) is 12.5 Å². The highest BCUT2D eigenvalue weighted by Crippen LogP contribution is 2.27. The summed E-state index contributed by atoms with van der Waals surface area (Å²) < 4.78 is 13.3. The molecule has 0 radical (unpaired) electrons. The zero-order chi connectivity index (χ0) is 12.8. The van der Waals surface area contributed by atoms with Crippen molar-refractivity contribution in [1.82, 2.24) is 0 Å². The molecule has 0 amide bonds. The van der Waals surface area contributed by atoms with E-state index in [4.69, 9.17) is 16.7 Å². The van der Waals surface area contributed by atoms with Crippen molar-refractivity contribution in [2.45, 2.75) is 6.92 Å². The van der Waals surface area contributed by atoms with Crippen molar-refractivity contribution in [3.05, 3.63) is 52.8 Å². The topological polar surface area (TPSA) is 32.6 Å². The van der Waals surface area contributed by atoms with Gasteiger partial charge >= 0.3 is 0 Å². The van der Waals surface area contributed by atoms with Crippen LogP contribution in [0.3, 0.4) is 0 Å². The Hall–Kier alpha value is -1.45. The minimum Gasteiger partial charge on any atom is -0.392 e. The number of nitrogens with zero attached hydrogens (tertiary/aromatic N) is 1. The third-order valence-corrected chi connectivity index (χ3v) is 2.47. The summed E-state index contributed by atoms with van der Waals surface area (Å²) >= 11 is 5.85. The van der Waals surface area contributed by atoms with Gasteiger partial charge in [-0.25, -0.2) is 4.39 Å². The number of rotatable bonds is 4. The average molecular weight is 254 g/mol. The van der Waals surface area contributed by atoms with Crippen molar-refractivity contribution >= 4 is 23.5 Å². The van der Waals surface area contributed by atoms with Gasteiger partial charge in [0.1, 0.15) is 5.82 Å². The minimum absolute atomic E-state index is 0.0346. The maximum absolute atomic E-state index is 13.3. The van der Waals surface area contributed by atoms with Gasteiger partial charge in [-0.05, 0) is 18.6 Å². The SMILES string of the molecule is C=C(C=N/C(=C\C)c1cccc(F)c1Cl)CO. The number of hydrogen-bond acceptors (Lipinski definition) is 2. The van der Waals surface area contributed by atoms with Gasteiger partial charge in [0.05, 0.1) is 17.3 Å². The van der Waals surface area contributed by atoms with Gasteiger partial charge in [-0.1, -0.05) is 36.4 Å². The highest BCUT2D eigenvalue weighted by Gasteiger charge is 2.08. The molecule has 0 spiro atoms. The largest absolute Gasteiger partial charge is 0.392 e. The molecule has 2 nitrogen and oxygen atoms in total. The smallest absolute Gasteiger partial charge is 0.142 e. The van der Waals surface area contributed by atoms with E-state index in [1.165, 1.54) is 12.3 Å². The summed E-state index contributed by atoms with van der Waals surface area (Å²) in [6.07, 6.45) is 3.14. The van der Waals surface area contributed by atoms with Crippen LogP contribution in [0.2, 0.25) is 5.02 Å². The Kier molecular flexibility index (Phi) is 5.07. The predicted octanol–water partition coefficient (Wildman–Crippen LogP) is 3.46. The molecular weight excluding hydrogens is 241 g/mol. The van der Waals surface area contributed by atoms with E-state index in [-0.39, 0.29) is 11.6 Å². The fourth-order valence-electron chi connectivity index (χ4n) is 1.20. The van der Waals surface area contributed by atoms with E-state index in [1.807, 2.05) is 0 Å². The Morgan fingerprint density at radius 1 is 1.59 bits per heavy atom. The van der Waals surface area contributed by atoms with Crippen LogP contribution < -0.4 is 0 Å². The van der Waals surface area contributed by atoms with E-state index in [2.05, 4.69) is 11.6 Å². The van der Waals surface area contributed by atoms with Gasteiger partial charge in [0.2, 0.25) is 0 Å². The van der Waals surface area contributed by atoms with Gasteiger partial charge in [0.25, 0.3) is 0 Å². The lowest BCUT2D eigenvalue weighted by Gasteiger charge is -2.05. The van der Waals surface area contributed by atoms with Gasteiger partial charge in [0, 0.05) is 11.8 Å². The lowest BCUT2D eigenvalue weighted by atomic mass is 10.1.